The fourth-order valence-electron chi connectivity index (χ4n) is 1.46. The van der Waals surface area contributed by atoms with E-state index in [1.807, 2.05) is 13.8 Å². The Bertz CT molecular complexity index is 440. The lowest BCUT2D eigenvalue weighted by atomic mass is 10.1. The smallest absolute Gasteiger partial charge is 0.339 e. The number of carbonyl (C=O) groups excluding carboxylic acids is 2. The average molecular weight is 264 g/mol. The van der Waals surface area contributed by atoms with Crippen molar-refractivity contribution >= 4 is 11.9 Å². The van der Waals surface area contributed by atoms with E-state index in [1.54, 1.807) is 31.2 Å². The molecule has 0 spiro atoms. The molecule has 19 heavy (non-hydrogen) atoms. The van der Waals surface area contributed by atoms with Gasteiger partial charge < -0.3 is 9.47 Å². The molecule has 104 valence electrons. The first-order valence-corrected chi connectivity index (χ1v) is 6.53. The number of hydrogen-bond donors (Lipinski definition) is 0. The lowest BCUT2D eigenvalue weighted by Crippen LogP contribution is -2.16. The first kappa shape index (κ1) is 15.2. The fourth-order valence-corrected chi connectivity index (χ4v) is 1.46. The summed E-state index contributed by atoms with van der Waals surface area (Å²) in [6.45, 7) is 6.39. The highest BCUT2D eigenvalue weighted by Crippen LogP contribution is 2.13. The first-order chi connectivity index (χ1) is 9.10. The maximum Gasteiger partial charge on any atom is 0.339 e. The van der Waals surface area contributed by atoms with Crippen LogP contribution in [0.1, 0.15) is 47.9 Å². The van der Waals surface area contributed by atoms with Gasteiger partial charge >= 0.3 is 11.9 Å². The van der Waals surface area contributed by atoms with Crippen molar-refractivity contribution in [2.75, 3.05) is 13.2 Å². The maximum atomic E-state index is 12.0. The Morgan fingerprint density at radius 1 is 1.05 bits per heavy atom. The number of rotatable bonds is 6. The topological polar surface area (TPSA) is 52.6 Å². The molecule has 0 saturated carbocycles. The molecule has 0 aliphatic carbocycles. The number of esters is 2. The Morgan fingerprint density at radius 2 is 1.58 bits per heavy atom. The predicted molar refractivity (Wildman–Crippen MR) is 72.1 cm³/mol. The molecule has 0 bridgehead atoms. The highest BCUT2D eigenvalue weighted by atomic mass is 16.5. The average Bonchev–Trinajstić information content (AvgIpc) is 2.44. The van der Waals surface area contributed by atoms with Gasteiger partial charge in [0.15, 0.2) is 0 Å². The van der Waals surface area contributed by atoms with E-state index in [0.717, 1.165) is 6.42 Å². The number of carbonyl (C=O) groups is 2. The van der Waals surface area contributed by atoms with Crippen molar-refractivity contribution in [1.82, 2.24) is 0 Å². The van der Waals surface area contributed by atoms with Crippen LogP contribution in [-0.4, -0.2) is 25.2 Å². The van der Waals surface area contributed by atoms with Crippen molar-refractivity contribution in [3.05, 3.63) is 35.4 Å². The van der Waals surface area contributed by atoms with Gasteiger partial charge in [-0.1, -0.05) is 32.4 Å². The summed E-state index contributed by atoms with van der Waals surface area (Å²) in [6.07, 6.45) is 0.937. The molecule has 4 nitrogen and oxygen atoms in total. The lowest BCUT2D eigenvalue weighted by molar-refractivity contribution is 0.0425. The molecule has 0 saturated heterocycles. The molecule has 0 amide bonds. The highest BCUT2D eigenvalue weighted by molar-refractivity contribution is 6.03. The van der Waals surface area contributed by atoms with E-state index in [2.05, 4.69) is 0 Å². The van der Waals surface area contributed by atoms with Crippen LogP contribution in [0.5, 0.6) is 0 Å². The molecule has 0 fully saturated rings. The van der Waals surface area contributed by atoms with Gasteiger partial charge in [-0.3, -0.25) is 0 Å². The van der Waals surface area contributed by atoms with Crippen LogP contribution >= 0.6 is 0 Å². The summed E-state index contributed by atoms with van der Waals surface area (Å²) < 4.78 is 10.1. The minimum Gasteiger partial charge on any atom is -0.462 e. The zero-order chi connectivity index (χ0) is 14.3. The Balaban J connectivity index is 2.82. The normalized spacial score (nSPS) is 11.7. The van der Waals surface area contributed by atoms with Gasteiger partial charge in [-0.05, 0) is 25.0 Å². The molecular weight excluding hydrogens is 244 g/mol. The van der Waals surface area contributed by atoms with E-state index in [0.29, 0.717) is 12.5 Å². The third-order valence-corrected chi connectivity index (χ3v) is 2.84. The van der Waals surface area contributed by atoms with E-state index in [9.17, 15) is 9.59 Å². The minimum absolute atomic E-state index is 0.249. The Labute approximate surface area is 113 Å². The number of benzene rings is 1. The molecule has 1 aromatic rings. The van der Waals surface area contributed by atoms with E-state index in [4.69, 9.17) is 9.47 Å². The Hall–Kier alpha value is -1.84. The van der Waals surface area contributed by atoms with Gasteiger partial charge in [-0.2, -0.15) is 0 Å². The lowest BCUT2D eigenvalue weighted by Gasteiger charge is -2.11. The molecule has 1 aromatic carbocycles. The molecular formula is C15H20O4. The van der Waals surface area contributed by atoms with Crippen LogP contribution in [0, 0.1) is 5.92 Å². The van der Waals surface area contributed by atoms with Crippen molar-refractivity contribution < 1.29 is 19.1 Å². The number of hydrogen-bond acceptors (Lipinski definition) is 4. The molecule has 1 unspecified atom stereocenters. The van der Waals surface area contributed by atoms with Gasteiger partial charge in [-0.15, -0.1) is 0 Å². The van der Waals surface area contributed by atoms with Crippen LogP contribution < -0.4 is 0 Å². The molecule has 1 rings (SSSR count). The monoisotopic (exact) mass is 264 g/mol. The third-order valence-electron chi connectivity index (χ3n) is 2.84. The van der Waals surface area contributed by atoms with Crippen LogP contribution in [0.2, 0.25) is 0 Å². The molecule has 0 N–H and O–H groups in total. The Morgan fingerprint density at radius 3 is 2.05 bits per heavy atom. The Kier molecular flexibility index (Phi) is 6.06. The van der Waals surface area contributed by atoms with Crippen LogP contribution in [0.25, 0.3) is 0 Å². The summed E-state index contributed by atoms with van der Waals surface area (Å²) in [5.41, 5.74) is 0.503. The van der Waals surface area contributed by atoms with Crippen molar-refractivity contribution in [3.63, 3.8) is 0 Å². The zero-order valence-electron chi connectivity index (χ0n) is 11.6. The number of ether oxygens (including phenoxy) is 2. The van der Waals surface area contributed by atoms with Crippen LogP contribution in [0.4, 0.5) is 0 Å². The van der Waals surface area contributed by atoms with Crippen molar-refractivity contribution in [1.29, 1.82) is 0 Å². The second-order valence-electron chi connectivity index (χ2n) is 4.38. The van der Waals surface area contributed by atoms with Gasteiger partial charge in [0.25, 0.3) is 0 Å². The molecule has 0 heterocycles. The van der Waals surface area contributed by atoms with Crippen molar-refractivity contribution in [2.24, 2.45) is 5.92 Å². The van der Waals surface area contributed by atoms with Gasteiger partial charge in [-0.25, -0.2) is 9.59 Å². The summed E-state index contributed by atoms with van der Waals surface area (Å²) in [4.78, 5) is 23.7. The standard InChI is InChI=1S/C15H20O4/c1-4-11(3)10-19-15(17)13-9-7-6-8-12(13)14(16)18-5-2/h6-9,11H,4-5,10H2,1-3H3. The molecule has 0 radical (unpaired) electrons. The summed E-state index contributed by atoms with van der Waals surface area (Å²) >= 11 is 0. The fraction of sp³-hybridized carbons (Fsp3) is 0.467. The summed E-state index contributed by atoms with van der Waals surface area (Å²) in [6, 6.07) is 6.53. The quantitative estimate of drug-likeness (QED) is 0.741. The maximum absolute atomic E-state index is 12.0. The summed E-state index contributed by atoms with van der Waals surface area (Å²) in [5, 5.41) is 0. The zero-order valence-corrected chi connectivity index (χ0v) is 11.6. The molecule has 0 aliphatic rings. The summed E-state index contributed by atoms with van der Waals surface area (Å²) in [5.74, 6) is -0.679. The molecule has 4 heteroatoms. The van der Waals surface area contributed by atoms with Gasteiger partial charge in [0.2, 0.25) is 0 Å². The summed E-state index contributed by atoms with van der Waals surface area (Å²) in [7, 11) is 0. The molecule has 0 aliphatic heterocycles. The molecule has 0 aromatic heterocycles. The van der Waals surface area contributed by atoms with Crippen LogP contribution in [-0.2, 0) is 9.47 Å². The second kappa shape index (κ2) is 7.56. The third kappa shape index (κ3) is 4.39. The van der Waals surface area contributed by atoms with Crippen molar-refractivity contribution in [3.8, 4) is 0 Å². The first-order valence-electron chi connectivity index (χ1n) is 6.53. The largest absolute Gasteiger partial charge is 0.462 e. The van der Waals surface area contributed by atoms with E-state index >= 15 is 0 Å². The van der Waals surface area contributed by atoms with Crippen molar-refractivity contribution in [2.45, 2.75) is 27.2 Å². The van der Waals surface area contributed by atoms with E-state index in [1.165, 1.54) is 0 Å². The van der Waals surface area contributed by atoms with Gasteiger partial charge in [0.1, 0.15) is 0 Å². The van der Waals surface area contributed by atoms with Crippen LogP contribution in [0.3, 0.4) is 0 Å². The predicted octanol–water partition coefficient (Wildman–Crippen LogP) is 3.07. The molecule has 1 atom stereocenters. The second-order valence-corrected chi connectivity index (χ2v) is 4.38. The van der Waals surface area contributed by atoms with Crippen LogP contribution in [0.15, 0.2) is 24.3 Å². The minimum atomic E-state index is -0.501. The highest BCUT2D eigenvalue weighted by Gasteiger charge is 2.18. The van der Waals surface area contributed by atoms with E-state index < -0.39 is 11.9 Å². The SMILES string of the molecule is CCOC(=O)c1ccccc1C(=O)OCC(C)CC. The van der Waals surface area contributed by atoms with Gasteiger partial charge in [0.05, 0.1) is 24.3 Å². The van der Waals surface area contributed by atoms with E-state index in [-0.39, 0.29) is 17.7 Å². The van der Waals surface area contributed by atoms with Gasteiger partial charge in [0, 0.05) is 0 Å².